The first-order chi connectivity index (χ1) is 8.20. The summed E-state index contributed by atoms with van der Waals surface area (Å²) >= 11 is 0. The molecule has 1 saturated heterocycles. The third-order valence-corrected chi connectivity index (χ3v) is 3.47. The molecule has 5 heteroatoms. The number of hydrogen-bond donors (Lipinski definition) is 1. The molecular weight excluding hydrogens is 214 g/mol. The number of piperidine rings is 1. The first kappa shape index (κ1) is 12.3. The normalized spacial score (nSPS) is 18.3. The van der Waals surface area contributed by atoms with Gasteiger partial charge in [-0.2, -0.15) is 0 Å². The number of hydrogen-bond acceptors (Lipinski definition) is 5. The van der Waals surface area contributed by atoms with Crippen molar-refractivity contribution in [1.82, 2.24) is 14.9 Å². The minimum atomic E-state index is 0.398. The number of nitrogens with zero attached hydrogens (tertiary/aromatic N) is 4. The smallest absolute Gasteiger partial charge is 0.144 e. The van der Waals surface area contributed by atoms with E-state index in [-0.39, 0.29) is 0 Å². The van der Waals surface area contributed by atoms with E-state index in [2.05, 4.69) is 33.9 Å². The van der Waals surface area contributed by atoms with Gasteiger partial charge in [0.2, 0.25) is 0 Å². The van der Waals surface area contributed by atoms with Gasteiger partial charge in [-0.1, -0.05) is 0 Å². The second kappa shape index (κ2) is 5.42. The fourth-order valence-corrected chi connectivity index (χ4v) is 2.25. The summed E-state index contributed by atoms with van der Waals surface area (Å²) in [7, 11) is 4.28. The molecule has 1 aliphatic rings. The van der Waals surface area contributed by atoms with Crippen LogP contribution >= 0.6 is 0 Å². The zero-order valence-corrected chi connectivity index (χ0v) is 10.6. The summed E-state index contributed by atoms with van der Waals surface area (Å²) < 4.78 is 0. The Labute approximate surface area is 103 Å². The van der Waals surface area contributed by atoms with Gasteiger partial charge in [-0.25, -0.2) is 9.97 Å². The second-order valence-corrected chi connectivity index (χ2v) is 4.68. The van der Waals surface area contributed by atoms with Crippen LogP contribution in [0.5, 0.6) is 0 Å². The number of anilines is 1. The summed E-state index contributed by atoms with van der Waals surface area (Å²) in [5.74, 6) is 1.69. The van der Waals surface area contributed by atoms with E-state index in [1.807, 2.05) is 6.07 Å². The SMILES string of the molecule is CN1CCC(N(C)c2ccnc(CN)n2)CC1. The molecule has 0 radical (unpaired) electrons. The minimum absolute atomic E-state index is 0.398. The second-order valence-electron chi connectivity index (χ2n) is 4.68. The topological polar surface area (TPSA) is 58.3 Å². The Kier molecular flexibility index (Phi) is 3.91. The Hall–Kier alpha value is -1.20. The lowest BCUT2D eigenvalue weighted by atomic mass is 10.0. The first-order valence-corrected chi connectivity index (χ1v) is 6.14. The number of likely N-dealkylation sites (tertiary alicyclic amines) is 1. The third-order valence-electron chi connectivity index (χ3n) is 3.47. The van der Waals surface area contributed by atoms with Crippen molar-refractivity contribution in [2.45, 2.75) is 25.4 Å². The Morgan fingerprint density at radius 1 is 1.47 bits per heavy atom. The molecule has 0 atom stereocenters. The van der Waals surface area contributed by atoms with Crippen molar-refractivity contribution < 1.29 is 0 Å². The van der Waals surface area contributed by atoms with Crippen molar-refractivity contribution in [2.24, 2.45) is 5.73 Å². The van der Waals surface area contributed by atoms with Gasteiger partial charge >= 0.3 is 0 Å². The van der Waals surface area contributed by atoms with Crippen LogP contribution < -0.4 is 10.6 Å². The van der Waals surface area contributed by atoms with Gasteiger partial charge in [0.05, 0.1) is 6.54 Å². The Balaban J connectivity index is 2.05. The Bertz CT molecular complexity index is 360. The van der Waals surface area contributed by atoms with Crippen LogP contribution in [0, 0.1) is 0 Å². The Morgan fingerprint density at radius 3 is 2.82 bits per heavy atom. The number of nitrogens with two attached hydrogens (primary N) is 1. The molecule has 1 aromatic rings. The average Bonchev–Trinajstić information content (AvgIpc) is 2.39. The molecule has 0 saturated carbocycles. The van der Waals surface area contributed by atoms with E-state index in [1.165, 1.54) is 12.8 Å². The predicted molar refractivity (Wildman–Crippen MR) is 68.8 cm³/mol. The van der Waals surface area contributed by atoms with Gasteiger partial charge in [0, 0.05) is 19.3 Å². The highest BCUT2D eigenvalue weighted by molar-refractivity contribution is 5.37. The van der Waals surface area contributed by atoms with Gasteiger partial charge in [0.15, 0.2) is 0 Å². The lowest BCUT2D eigenvalue weighted by Crippen LogP contribution is -2.42. The zero-order chi connectivity index (χ0) is 12.3. The molecule has 1 fully saturated rings. The summed E-state index contributed by atoms with van der Waals surface area (Å²) in [5.41, 5.74) is 5.57. The largest absolute Gasteiger partial charge is 0.356 e. The molecule has 2 rings (SSSR count). The maximum atomic E-state index is 5.57. The van der Waals surface area contributed by atoms with Gasteiger partial charge in [0.1, 0.15) is 11.6 Å². The maximum absolute atomic E-state index is 5.57. The third kappa shape index (κ3) is 2.92. The molecule has 0 aromatic carbocycles. The molecule has 0 spiro atoms. The molecular formula is C12H21N5. The quantitative estimate of drug-likeness (QED) is 0.825. The lowest BCUT2D eigenvalue weighted by molar-refractivity contribution is 0.252. The van der Waals surface area contributed by atoms with Gasteiger partial charge in [-0.15, -0.1) is 0 Å². The summed E-state index contributed by atoms with van der Waals surface area (Å²) in [6.07, 6.45) is 4.17. The summed E-state index contributed by atoms with van der Waals surface area (Å²) in [6.45, 7) is 2.71. The first-order valence-electron chi connectivity index (χ1n) is 6.14. The molecule has 0 amide bonds. The van der Waals surface area contributed by atoms with Gasteiger partial charge in [-0.3, -0.25) is 0 Å². The van der Waals surface area contributed by atoms with Crippen LogP contribution in [0.3, 0.4) is 0 Å². The molecule has 5 nitrogen and oxygen atoms in total. The van der Waals surface area contributed by atoms with Crippen LogP contribution in [0.15, 0.2) is 12.3 Å². The molecule has 0 aliphatic carbocycles. The van der Waals surface area contributed by atoms with Gasteiger partial charge < -0.3 is 15.5 Å². The summed E-state index contributed by atoms with van der Waals surface area (Å²) in [4.78, 5) is 13.2. The predicted octanol–water partition coefficient (Wildman–Crippen LogP) is 0.466. The zero-order valence-electron chi connectivity index (χ0n) is 10.6. The Morgan fingerprint density at radius 2 is 2.18 bits per heavy atom. The van der Waals surface area contributed by atoms with E-state index in [9.17, 15) is 0 Å². The van der Waals surface area contributed by atoms with Crippen molar-refractivity contribution in [3.63, 3.8) is 0 Å². The highest BCUT2D eigenvalue weighted by atomic mass is 15.2. The van der Waals surface area contributed by atoms with Gasteiger partial charge in [-0.05, 0) is 39.0 Å². The van der Waals surface area contributed by atoms with Crippen molar-refractivity contribution in [3.8, 4) is 0 Å². The van der Waals surface area contributed by atoms with E-state index in [0.29, 0.717) is 18.4 Å². The molecule has 2 heterocycles. The molecule has 0 bridgehead atoms. The number of aromatic nitrogens is 2. The average molecular weight is 235 g/mol. The van der Waals surface area contributed by atoms with Crippen LogP contribution in [0.4, 0.5) is 5.82 Å². The van der Waals surface area contributed by atoms with Crippen LogP contribution in [-0.2, 0) is 6.54 Å². The minimum Gasteiger partial charge on any atom is -0.356 e. The van der Waals surface area contributed by atoms with Gasteiger partial charge in [0.25, 0.3) is 0 Å². The number of rotatable bonds is 3. The lowest BCUT2D eigenvalue weighted by Gasteiger charge is -2.35. The van der Waals surface area contributed by atoms with Crippen LogP contribution in [0.2, 0.25) is 0 Å². The van der Waals surface area contributed by atoms with Crippen molar-refractivity contribution in [3.05, 3.63) is 18.1 Å². The van der Waals surface area contributed by atoms with Crippen molar-refractivity contribution in [2.75, 3.05) is 32.1 Å². The highest BCUT2D eigenvalue weighted by Crippen LogP contribution is 2.19. The van der Waals surface area contributed by atoms with E-state index < -0.39 is 0 Å². The highest BCUT2D eigenvalue weighted by Gasteiger charge is 2.21. The maximum Gasteiger partial charge on any atom is 0.144 e. The monoisotopic (exact) mass is 235 g/mol. The molecule has 17 heavy (non-hydrogen) atoms. The van der Waals surface area contributed by atoms with E-state index in [1.54, 1.807) is 6.20 Å². The fraction of sp³-hybridized carbons (Fsp3) is 0.667. The molecule has 1 aliphatic heterocycles. The summed E-state index contributed by atoms with van der Waals surface area (Å²) in [6, 6.07) is 2.53. The van der Waals surface area contributed by atoms with Crippen molar-refractivity contribution >= 4 is 5.82 Å². The van der Waals surface area contributed by atoms with Crippen LogP contribution in [0.25, 0.3) is 0 Å². The van der Waals surface area contributed by atoms with E-state index >= 15 is 0 Å². The van der Waals surface area contributed by atoms with E-state index in [0.717, 1.165) is 18.9 Å². The van der Waals surface area contributed by atoms with Crippen LogP contribution in [0.1, 0.15) is 18.7 Å². The van der Waals surface area contributed by atoms with Crippen molar-refractivity contribution in [1.29, 1.82) is 0 Å². The van der Waals surface area contributed by atoms with E-state index in [4.69, 9.17) is 5.73 Å². The molecule has 2 N–H and O–H groups in total. The molecule has 0 unspecified atom stereocenters. The fourth-order valence-electron chi connectivity index (χ4n) is 2.25. The summed E-state index contributed by atoms with van der Waals surface area (Å²) in [5, 5.41) is 0. The standard InChI is InChI=1S/C12H21N5/c1-16-7-4-10(5-8-16)17(2)12-3-6-14-11(9-13)15-12/h3,6,10H,4-5,7-9,13H2,1-2H3. The molecule has 1 aromatic heterocycles. The molecule has 94 valence electrons. The van der Waals surface area contributed by atoms with Crippen LogP contribution in [-0.4, -0.2) is 48.1 Å².